The fraction of sp³-hybridized carbons (Fsp3) is 0.143. The van der Waals surface area contributed by atoms with Gasteiger partial charge < -0.3 is 5.73 Å². The first-order chi connectivity index (χ1) is 5.34. The van der Waals surface area contributed by atoms with Crippen molar-refractivity contribution in [1.29, 1.82) is 0 Å². The summed E-state index contributed by atoms with van der Waals surface area (Å²) in [7, 11) is 0. The Hall–Kier alpha value is -1.58. The summed E-state index contributed by atoms with van der Waals surface area (Å²) in [5.41, 5.74) is 5.53. The van der Waals surface area contributed by atoms with E-state index < -0.39 is 0 Å². The van der Waals surface area contributed by atoms with Crippen LogP contribution < -0.4 is 5.73 Å². The number of hydrogen-bond acceptors (Lipinski definition) is 2. The molecule has 4 nitrogen and oxygen atoms in total. The highest BCUT2D eigenvalue weighted by atomic mass is 15.3. The van der Waals surface area contributed by atoms with Crippen LogP contribution in [0.15, 0.2) is 36.1 Å². The molecule has 0 fully saturated rings. The molecule has 1 aromatic heterocycles. The van der Waals surface area contributed by atoms with Crippen molar-refractivity contribution in [3.63, 3.8) is 0 Å². The van der Waals surface area contributed by atoms with E-state index in [1.807, 2.05) is 0 Å². The molecule has 0 radical (unpaired) electrons. The molecule has 0 spiro atoms. The van der Waals surface area contributed by atoms with Gasteiger partial charge in [-0.05, 0) is 6.07 Å². The Morgan fingerprint density at radius 2 is 2.64 bits per heavy atom. The lowest BCUT2D eigenvalue weighted by Gasteiger charge is -1.96. The Balaban J connectivity index is 2.68. The van der Waals surface area contributed by atoms with Gasteiger partial charge in [0.25, 0.3) is 0 Å². The van der Waals surface area contributed by atoms with E-state index in [0.717, 1.165) is 0 Å². The van der Waals surface area contributed by atoms with Gasteiger partial charge in [0.1, 0.15) is 0 Å². The molecule has 0 saturated heterocycles. The summed E-state index contributed by atoms with van der Waals surface area (Å²) >= 11 is 0. The second kappa shape index (κ2) is 3.55. The number of aliphatic imine (C=N–C) groups is 1. The number of aromatic nitrogens is 2. The Morgan fingerprint density at radius 3 is 3.18 bits per heavy atom. The highest BCUT2D eigenvalue weighted by molar-refractivity contribution is 5.79. The third kappa shape index (κ3) is 1.93. The van der Waals surface area contributed by atoms with Gasteiger partial charge in [0.15, 0.2) is 0 Å². The fourth-order valence-electron chi connectivity index (χ4n) is 0.635. The van der Waals surface area contributed by atoms with Crippen molar-refractivity contribution in [3.8, 4) is 0 Å². The van der Waals surface area contributed by atoms with Gasteiger partial charge in [-0.15, -0.1) is 6.58 Å². The molecule has 11 heavy (non-hydrogen) atoms. The zero-order valence-electron chi connectivity index (χ0n) is 6.14. The minimum Gasteiger partial charge on any atom is -0.368 e. The second-order valence-corrected chi connectivity index (χ2v) is 1.94. The van der Waals surface area contributed by atoms with Crippen LogP contribution in [0.1, 0.15) is 0 Å². The maximum absolute atomic E-state index is 5.53. The van der Waals surface area contributed by atoms with Gasteiger partial charge in [-0.2, -0.15) is 5.10 Å². The molecule has 0 aliphatic rings. The lowest BCUT2D eigenvalue weighted by atomic mass is 10.6. The molecular weight excluding hydrogens is 140 g/mol. The van der Waals surface area contributed by atoms with Crippen LogP contribution in [0, 0.1) is 0 Å². The summed E-state index contributed by atoms with van der Waals surface area (Å²) in [6, 6.07) is 1.79. The zero-order chi connectivity index (χ0) is 8.10. The molecule has 1 heterocycles. The summed E-state index contributed by atoms with van der Waals surface area (Å²) < 4.78 is 1.50. The summed E-state index contributed by atoms with van der Waals surface area (Å²) in [4.78, 5) is 3.96. The topological polar surface area (TPSA) is 56.2 Å². The first-order valence-electron chi connectivity index (χ1n) is 3.25. The van der Waals surface area contributed by atoms with Gasteiger partial charge in [-0.25, -0.2) is 9.67 Å². The van der Waals surface area contributed by atoms with E-state index in [9.17, 15) is 0 Å². The van der Waals surface area contributed by atoms with Crippen molar-refractivity contribution in [2.24, 2.45) is 10.7 Å². The highest BCUT2D eigenvalue weighted by Crippen LogP contribution is 1.82. The van der Waals surface area contributed by atoms with Crippen LogP contribution in [0.25, 0.3) is 0 Å². The van der Waals surface area contributed by atoms with Gasteiger partial charge >= 0.3 is 0 Å². The molecule has 58 valence electrons. The molecule has 0 atom stereocenters. The van der Waals surface area contributed by atoms with Gasteiger partial charge in [0, 0.05) is 12.4 Å². The maximum Gasteiger partial charge on any atom is 0.216 e. The Labute approximate surface area is 65.0 Å². The smallest absolute Gasteiger partial charge is 0.216 e. The van der Waals surface area contributed by atoms with Crippen molar-refractivity contribution in [2.45, 2.75) is 0 Å². The van der Waals surface area contributed by atoms with E-state index in [-0.39, 0.29) is 0 Å². The van der Waals surface area contributed by atoms with Crippen LogP contribution in [-0.2, 0) is 0 Å². The molecule has 0 unspecified atom stereocenters. The fourth-order valence-corrected chi connectivity index (χ4v) is 0.635. The lowest BCUT2D eigenvalue weighted by molar-refractivity contribution is 0.910. The molecule has 0 saturated carbocycles. The number of rotatable bonds is 2. The molecule has 0 aliphatic carbocycles. The molecule has 1 rings (SSSR count). The summed E-state index contributed by atoms with van der Waals surface area (Å²) in [5, 5.41) is 3.90. The molecule has 0 amide bonds. The number of hydrogen-bond donors (Lipinski definition) is 1. The molecule has 2 N–H and O–H groups in total. The average molecular weight is 150 g/mol. The van der Waals surface area contributed by atoms with Crippen LogP contribution >= 0.6 is 0 Å². The van der Waals surface area contributed by atoms with Gasteiger partial charge in [0.05, 0.1) is 6.54 Å². The van der Waals surface area contributed by atoms with Gasteiger partial charge in [-0.3, -0.25) is 0 Å². The van der Waals surface area contributed by atoms with Crippen LogP contribution in [0.5, 0.6) is 0 Å². The van der Waals surface area contributed by atoms with E-state index in [0.29, 0.717) is 12.5 Å². The monoisotopic (exact) mass is 150 g/mol. The molecule has 1 aromatic rings. The standard InChI is InChI=1S/C7H10N4/c1-2-4-9-7(8)11-6-3-5-10-11/h2-3,5-6H,1,4H2,(H2,8,9). The van der Waals surface area contributed by atoms with Gasteiger partial charge in [0.2, 0.25) is 5.96 Å². The molecular formula is C7H10N4. The molecule has 0 bridgehead atoms. The lowest BCUT2D eigenvalue weighted by Crippen LogP contribution is -2.22. The molecule has 0 aliphatic heterocycles. The zero-order valence-corrected chi connectivity index (χ0v) is 6.14. The highest BCUT2D eigenvalue weighted by Gasteiger charge is 1.91. The minimum atomic E-state index is 0.384. The maximum atomic E-state index is 5.53. The Bertz CT molecular complexity index is 247. The third-order valence-corrected chi connectivity index (χ3v) is 1.12. The average Bonchev–Trinajstić information content (AvgIpc) is 2.52. The molecule has 0 aromatic carbocycles. The summed E-state index contributed by atoms with van der Waals surface area (Å²) in [6.07, 6.45) is 5.06. The van der Waals surface area contributed by atoms with E-state index in [1.165, 1.54) is 4.68 Å². The van der Waals surface area contributed by atoms with Gasteiger partial charge in [-0.1, -0.05) is 6.08 Å². The normalized spacial score (nSPS) is 11.5. The van der Waals surface area contributed by atoms with E-state index >= 15 is 0 Å². The predicted octanol–water partition coefficient (Wildman–Crippen LogP) is 0.232. The van der Waals surface area contributed by atoms with Crippen LogP contribution in [0.3, 0.4) is 0 Å². The third-order valence-electron chi connectivity index (χ3n) is 1.12. The van der Waals surface area contributed by atoms with Crippen molar-refractivity contribution < 1.29 is 0 Å². The minimum absolute atomic E-state index is 0.384. The van der Waals surface area contributed by atoms with E-state index in [4.69, 9.17) is 5.73 Å². The van der Waals surface area contributed by atoms with Crippen LogP contribution in [0.4, 0.5) is 0 Å². The second-order valence-electron chi connectivity index (χ2n) is 1.94. The molecule has 4 heteroatoms. The van der Waals surface area contributed by atoms with Crippen molar-refractivity contribution in [1.82, 2.24) is 9.78 Å². The van der Waals surface area contributed by atoms with E-state index in [1.54, 1.807) is 24.5 Å². The summed E-state index contributed by atoms with van der Waals surface area (Å²) in [5.74, 6) is 0.384. The Kier molecular flexibility index (Phi) is 2.43. The Morgan fingerprint density at radius 1 is 1.82 bits per heavy atom. The van der Waals surface area contributed by atoms with Crippen LogP contribution in [-0.4, -0.2) is 22.3 Å². The van der Waals surface area contributed by atoms with Crippen molar-refractivity contribution in [2.75, 3.05) is 6.54 Å². The quantitative estimate of drug-likeness (QED) is 0.373. The largest absolute Gasteiger partial charge is 0.368 e. The van der Waals surface area contributed by atoms with Crippen molar-refractivity contribution >= 4 is 5.96 Å². The first-order valence-corrected chi connectivity index (χ1v) is 3.25. The summed E-state index contributed by atoms with van der Waals surface area (Å²) in [6.45, 7) is 4.04. The SMILES string of the molecule is C=CCN=C(N)n1cccn1. The van der Waals surface area contributed by atoms with Crippen LogP contribution in [0.2, 0.25) is 0 Å². The van der Waals surface area contributed by atoms with E-state index in [2.05, 4.69) is 16.7 Å². The van der Waals surface area contributed by atoms with Crippen molar-refractivity contribution in [3.05, 3.63) is 31.1 Å². The number of nitrogens with zero attached hydrogens (tertiary/aromatic N) is 3. The number of nitrogens with two attached hydrogens (primary N) is 1. The predicted molar refractivity (Wildman–Crippen MR) is 44.3 cm³/mol. The first kappa shape index (κ1) is 7.53.